The standard InChI is InChI=1S/C18H7Cl4NO5S/c19-13-11-12(14(20)16(22)15(13)21)18(25)23(17(11)24)10-3-1-2-7-6-8(29(26,27)28)4-5-9(7)10/h1-6H,(H,26,27,28). The highest BCUT2D eigenvalue weighted by atomic mass is 35.5. The number of rotatable bonds is 2. The number of imide groups is 1. The van der Waals surface area contributed by atoms with Gasteiger partial charge < -0.3 is 0 Å². The minimum Gasteiger partial charge on any atom is -0.282 e. The van der Waals surface area contributed by atoms with E-state index in [-0.39, 0.29) is 41.8 Å². The van der Waals surface area contributed by atoms with E-state index in [1.54, 1.807) is 6.07 Å². The van der Waals surface area contributed by atoms with Crippen molar-refractivity contribution in [1.29, 1.82) is 0 Å². The quantitative estimate of drug-likeness (QED) is 0.221. The Labute approximate surface area is 184 Å². The Balaban J connectivity index is 1.96. The molecule has 1 aliphatic heterocycles. The first-order valence-corrected chi connectivity index (χ1v) is 10.7. The van der Waals surface area contributed by atoms with E-state index in [0.29, 0.717) is 10.8 Å². The molecule has 6 nitrogen and oxygen atoms in total. The lowest BCUT2D eigenvalue weighted by Crippen LogP contribution is -2.29. The van der Waals surface area contributed by atoms with Gasteiger partial charge in [-0.2, -0.15) is 8.42 Å². The van der Waals surface area contributed by atoms with Crippen molar-refractivity contribution in [2.24, 2.45) is 0 Å². The highest BCUT2D eigenvalue weighted by molar-refractivity contribution is 7.85. The number of benzene rings is 3. The van der Waals surface area contributed by atoms with Gasteiger partial charge in [0.25, 0.3) is 21.9 Å². The van der Waals surface area contributed by atoms with Crippen molar-refractivity contribution in [3.05, 3.63) is 67.6 Å². The summed E-state index contributed by atoms with van der Waals surface area (Å²) in [7, 11) is -4.42. The van der Waals surface area contributed by atoms with Crippen molar-refractivity contribution in [3.8, 4) is 0 Å². The van der Waals surface area contributed by atoms with Crippen LogP contribution >= 0.6 is 46.4 Å². The predicted molar refractivity (Wildman–Crippen MR) is 111 cm³/mol. The van der Waals surface area contributed by atoms with Gasteiger partial charge in [-0.15, -0.1) is 0 Å². The molecule has 1 N–H and O–H groups in total. The van der Waals surface area contributed by atoms with E-state index < -0.39 is 21.9 Å². The number of amides is 2. The van der Waals surface area contributed by atoms with E-state index in [2.05, 4.69) is 0 Å². The van der Waals surface area contributed by atoms with E-state index in [9.17, 15) is 22.6 Å². The lowest BCUT2D eigenvalue weighted by atomic mass is 10.1. The Morgan fingerprint density at radius 3 is 1.86 bits per heavy atom. The number of halogens is 4. The molecule has 148 valence electrons. The zero-order chi connectivity index (χ0) is 21.2. The zero-order valence-corrected chi connectivity index (χ0v) is 17.8. The van der Waals surface area contributed by atoms with Crippen molar-refractivity contribution in [2.75, 3.05) is 4.90 Å². The number of anilines is 1. The largest absolute Gasteiger partial charge is 0.294 e. The number of hydrogen-bond acceptors (Lipinski definition) is 4. The van der Waals surface area contributed by atoms with Gasteiger partial charge in [-0.3, -0.25) is 14.1 Å². The molecule has 0 spiro atoms. The predicted octanol–water partition coefficient (Wildman–Crippen LogP) is 5.50. The third kappa shape index (κ3) is 3.01. The summed E-state index contributed by atoms with van der Waals surface area (Å²) in [5.41, 5.74) is -0.153. The first kappa shape index (κ1) is 20.4. The molecule has 29 heavy (non-hydrogen) atoms. The smallest absolute Gasteiger partial charge is 0.282 e. The van der Waals surface area contributed by atoms with E-state index >= 15 is 0 Å². The molecule has 0 aliphatic carbocycles. The Morgan fingerprint density at radius 1 is 0.793 bits per heavy atom. The molecule has 4 rings (SSSR count). The van der Waals surface area contributed by atoms with Gasteiger partial charge >= 0.3 is 0 Å². The summed E-state index contributed by atoms with van der Waals surface area (Å²) >= 11 is 24.3. The molecule has 0 bridgehead atoms. The lowest BCUT2D eigenvalue weighted by Gasteiger charge is -2.17. The van der Waals surface area contributed by atoms with Crippen LogP contribution in [0.3, 0.4) is 0 Å². The van der Waals surface area contributed by atoms with Crippen LogP contribution < -0.4 is 4.90 Å². The lowest BCUT2D eigenvalue weighted by molar-refractivity contribution is 0.0926. The van der Waals surface area contributed by atoms with Gasteiger partial charge in [0.15, 0.2) is 0 Å². The van der Waals surface area contributed by atoms with Gasteiger partial charge in [0.05, 0.1) is 41.8 Å². The van der Waals surface area contributed by atoms with Crippen LogP contribution in [0.25, 0.3) is 10.8 Å². The van der Waals surface area contributed by atoms with Crippen molar-refractivity contribution >= 4 is 84.8 Å². The fourth-order valence-corrected chi connectivity index (χ4v) is 4.70. The van der Waals surface area contributed by atoms with Gasteiger partial charge in [0, 0.05) is 5.39 Å². The minimum absolute atomic E-state index is 0.143. The highest BCUT2D eigenvalue weighted by Gasteiger charge is 2.42. The van der Waals surface area contributed by atoms with Crippen LogP contribution in [0.5, 0.6) is 0 Å². The summed E-state index contributed by atoms with van der Waals surface area (Å²) in [6, 6.07) is 8.35. The van der Waals surface area contributed by atoms with Gasteiger partial charge in [0.1, 0.15) is 0 Å². The second-order valence-electron chi connectivity index (χ2n) is 6.09. The second kappa shape index (κ2) is 6.84. The van der Waals surface area contributed by atoms with Crippen LogP contribution in [-0.4, -0.2) is 24.8 Å². The van der Waals surface area contributed by atoms with Crippen LogP contribution in [0, 0.1) is 0 Å². The highest BCUT2D eigenvalue weighted by Crippen LogP contribution is 2.46. The zero-order valence-electron chi connectivity index (χ0n) is 13.9. The van der Waals surface area contributed by atoms with Crippen LogP contribution in [0.2, 0.25) is 20.1 Å². The molecule has 0 saturated heterocycles. The molecular weight excluding hydrogens is 484 g/mol. The maximum Gasteiger partial charge on any atom is 0.294 e. The van der Waals surface area contributed by atoms with Gasteiger partial charge in [-0.25, -0.2) is 4.90 Å². The van der Waals surface area contributed by atoms with Crippen molar-refractivity contribution in [2.45, 2.75) is 4.90 Å². The van der Waals surface area contributed by atoms with Crippen molar-refractivity contribution in [1.82, 2.24) is 0 Å². The fourth-order valence-electron chi connectivity index (χ4n) is 3.17. The first-order chi connectivity index (χ1) is 13.5. The molecule has 0 radical (unpaired) electrons. The Hall–Kier alpha value is -1.87. The summed E-state index contributed by atoms with van der Waals surface area (Å²) in [5.74, 6) is -1.50. The van der Waals surface area contributed by atoms with Crippen molar-refractivity contribution in [3.63, 3.8) is 0 Å². The summed E-state index contributed by atoms with van der Waals surface area (Å²) in [6.07, 6.45) is 0. The molecule has 0 atom stereocenters. The SMILES string of the molecule is O=C1c2c(Cl)c(Cl)c(Cl)c(Cl)c2C(=O)N1c1cccc2cc(S(=O)(=O)O)ccc12. The number of fused-ring (bicyclic) bond motifs is 2. The minimum atomic E-state index is -4.42. The monoisotopic (exact) mass is 489 g/mol. The molecule has 1 heterocycles. The Bertz CT molecular complexity index is 1320. The molecular formula is C18H7Cl4NO5S. The maximum atomic E-state index is 13.0. The molecule has 0 unspecified atom stereocenters. The van der Waals surface area contributed by atoms with Crippen LogP contribution in [0.4, 0.5) is 5.69 Å². The number of carbonyl (C=O) groups excluding carboxylic acids is 2. The van der Waals surface area contributed by atoms with E-state index in [1.165, 1.54) is 24.3 Å². The van der Waals surface area contributed by atoms with Crippen LogP contribution in [0.15, 0.2) is 41.3 Å². The fraction of sp³-hybridized carbons (Fsp3) is 0. The number of carbonyl (C=O) groups is 2. The number of hydrogen-bond donors (Lipinski definition) is 1. The van der Waals surface area contributed by atoms with Gasteiger partial charge in [-0.1, -0.05) is 64.6 Å². The normalized spacial score (nSPS) is 14.0. The molecule has 0 saturated carbocycles. The maximum absolute atomic E-state index is 13.0. The molecule has 2 amide bonds. The third-order valence-electron chi connectivity index (χ3n) is 4.47. The molecule has 3 aromatic carbocycles. The third-order valence-corrected chi connectivity index (χ3v) is 7.12. The molecule has 0 aromatic heterocycles. The summed E-state index contributed by atoms with van der Waals surface area (Å²) < 4.78 is 32.0. The van der Waals surface area contributed by atoms with Crippen molar-refractivity contribution < 1.29 is 22.6 Å². The Kier molecular flexibility index (Phi) is 4.81. The summed E-state index contributed by atoms with van der Waals surface area (Å²) in [6.45, 7) is 0. The molecule has 0 fully saturated rings. The summed E-state index contributed by atoms with van der Waals surface area (Å²) in [4.78, 5) is 26.6. The van der Waals surface area contributed by atoms with Gasteiger partial charge in [-0.05, 0) is 23.6 Å². The Morgan fingerprint density at radius 2 is 1.34 bits per heavy atom. The average molecular weight is 491 g/mol. The van der Waals surface area contributed by atoms with Crippen LogP contribution in [-0.2, 0) is 10.1 Å². The molecule has 1 aliphatic rings. The molecule has 3 aromatic rings. The summed E-state index contributed by atoms with van der Waals surface area (Å²) in [5, 5.41) is 0.101. The average Bonchev–Trinajstić information content (AvgIpc) is 2.93. The molecule has 11 heteroatoms. The number of nitrogens with zero attached hydrogens (tertiary/aromatic N) is 1. The first-order valence-electron chi connectivity index (χ1n) is 7.79. The van der Waals surface area contributed by atoms with Crippen LogP contribution in [0.1, 0.15) is 20.7 Å². The van der Waals surface area contributed by atoms with Gasteiger partial charge in [0.2, 0.25) is 0 Å². The van der Waals surface area contributed by atoms with E-state index in [0.717, 1.165) is 11.0 Å². The second-order valence-corrected chi connectivity index (χ2v) is 9.02. The van der Waals surface area contributed by atoms with E-state index in [1.807, 2.05) is 0 Å². The van der Waals surface area contributed by atoms with E-state index in [4.69, 9.17) is 46.4 Å². The topological polar surface area (TPSA) is 91.8 Å².